The number of alkyl carbamates (subject to hydrolysis) is 2. The average Bonchev–Trinajstić information content (AvgIpc) is 3.45. The molecule has 3 amide bonds. The number of nitrogens with one attached hydrogen (secondary N) is 3. The molecule has 10 heteroatoms. The van der Waals surface area contributed by atoms with E-state index in [0.717, 1.165) is 65.5 Å². The van der Waals surface area contributed by atoms with Crippen molar-refractivity contribution in [1.29, 1.82) is 0 Å². The van der Waals surface area contributed by atoms with Gasteiger partial charge in [0.25, 0.3) is 0 Å². The Morgan fingerprint density at radius 1 is 0.712 bits per heavy atom. The second-order valence-corrected chi connectivity index (χ2v) is 14.0. The van der Waals surface area contributed by atoms with Crippen LogP contribution in [0.2, 0.25) is 0 Å². The Kier molecular flexibility index (Phi) is 13.6. The van der Waals surface area contributed by atoms with E-state index in [2.05, 4.69) is 45.2 Å². The van der Waals surface area contributed by atoms with Gasteiger partial charge in [0.1, 0.15) is 30.6 Å². The number of carbonyl (C=O) groups excluding carboxylic acids is 3. The number of ether oxygens (including phenoxy) is 3. The molecule has 0 unspecified atom stereocenters. The molecule has 0 radical (unpaired) electrons. The molecular formula is C42H50N4O6. The lowest BCUT2D eigenvalue weighted by molar-refractivity contribution is -0.123. The minimum absolute atomic E-state index is 0.0850. The number of fused-ring (bicyclic) bond motifs is 3. The van der Waals surface area contributed by atoms with Crippen molar-refractivity contribution < 1.29 is 28.6 Å². The monoisotopic (exact) mass is 706 g/mol. The maximum absolute atomic E-state index is 13.5. The standard InChI is InChI=1S/C42H50N4O6/c1-42(2,3)52-40(48)45-24-12-6-4-5-11-23-44-39(47)38(27-30-17-19-32(20-18-30)50-28-31-21-25-43-26-22-31)46-41(49)51-29-37-35-15-9-7-13-33(35)34-14-8-10-16-36(34)37/h7-10,13-22,25-26,37-38H,4-6,11-12,23-24,27-29H2,1-3H3,(H,44,47)(H,45,48)(H,46,49)/t38-/m0/s1. The quantitative estimate of drug-likeness (QED) is 0.0961. The van der Waals surface area contributed by atoms with Crippen LogP contribution < -0.4 is 20.7 Å². The molecule has 52 heavy (non-hydrogen) atoms. The lowest BCUT2D eigenvalue weighted by atomic mass is 9.98. The van der Waals surface area contributed by atoms with E-state index in [1.165, 1.54) is 0 Å². The van der Waals surface area contributed by atoms with Crippen LogP contribution in [-0.2, 0) is 27.3 Å². The minimum atomic E-state index is -0.835. The zero-order chi connectivity index (χ0) is 36.8. The third-order valence-corrected chi connectivity index (χ3v) is 8.79. The fourth-order valence-electron chi connectivity index (χ4n) is 6.21. The predicted octanol–water partition coefficient (Wildman–Crippen LogP) is 7.70. The molecule has 1 atom stereocenters. The first-order chi connectivity index (χ1) is 25.2. The Labute approximate surface area is 306 Å². The summed E-state index contributed by atoms with van der Waals surface area (Å²) in [5.41, 5.74) is 5.91. The van der Waals surface area contributed by atoms with E-state index >= 15 is 0 Å². The van der Waals surface area contributed by atoms with Gasteiger partial charge in [0.05, 0.1) is 0 Å². The van der Waals surface area contributed by atoms with Crippen molar-refractivity contribution in [2.24, 2.45) is 0 Å². The van der Waals surface area contributed by atoms with E-state index in [4.69, 9.17) is 14.2 Å². The Balaban J connectivity index is 1.12. The number of pyridine rings is 1. The molecule has 4 aromatic rings. The second-order valence-electron chi connectivity index (χ2n) is 14.0. The topological polar surface area (TPSA) is 128 Å². The second kappa shape index (κ2) is 18.7. The van der Waals surface area contributed by atoms with Crippen molar-refractivity contribution in [2.45, 2.75) is 83.5 Å². The molecule has 0 saturated carbocycles. The van der Waals surface area contributed by atoms with Gasteiger partial charge in [0.15, 0.2) is 0 Å². The van der Waals surface area contributed by atoms with E-state index < -0.39 is 23.8 Å². The van der Waals surface area contributed by atoms with Crippen LogP contribution in [0.4, 0.5) is 9.59 Å². The molecule has 5 rings (SSSR count). The number of aromatic nitrogens is 1. The zero-order valence-corrected chi connectivity index (χ0v) is 30.4. The minimum Gasteiger partial charge on any atom is -0.489 e. The van der Waals surface area contributed by atoms with Crippen molar-refractivity contribution in [3.05, 3.63) is 120 Å². The van der Waals surface area contributed by atoms with Gasteiger partial charge in [-0.25, -0.2) is 9.59 Å². The number of rotatable bonds is 17. The van der Waals surface area contributed by atoms with Gasteiger partial charge in [-0.3, -0.25) is 9.78 Å². The van der Waals surface area contributed by atoms with Crippen LogP contribution in [0.15, 0.2) is 97.3 Å². The fraction of sp³-hybridized carbons (Fsp3) is 0.381. The van der Waals surface area contributed by atoms with Gasteiger partial charge < -0.3 is 30.2 Å². The molecule has 1 aliphatic carbocycles. The summed E-state index contributed by atoms with van der Waals surface area (Å²) in [6.45, 7) is 7.13. The maximum Gasteiger partial charge on any atom is 0.407 e. The van der Waals surface area contributed by atoms with E-state index in [0.29, 0.717) is 25.4 Å². The predicted molar refractivity (Wildman–Crippen MR) is 201 cm³/mol. The highest BCUT2D eigenvalue weighted by molar-refractivity contribution is 5.86. The molecule has 1 aromatic heterocycles. The van der Waals surface area contributed by atoms with Crippen molar-refractivity contribution in [1.82, 2.24) is 20.9 Å². The fourth-order valence-corrected chi connectivity index (χ4v) is 6.21. The van der Waals surface area contributed by atoms with Gasteiger partial charge in [-0.1, -0.05) is 79.9 Å². The maximum atomic E-state index is 13.5. The highest BCUT2D eigenvalue weighted by atomic mass is 16.6. The van der Waals surface area contributed by atoms with Crippen LogP contribution in [0, 0.1) is 0 Å². The largest absolute Gasteiger partial charge is 0.489 e. The van der Waals surface area contributed by atoms with Gasteiger partial charge >= 0.3 is 12.2 Å². The number of amides is 3. The Hall–Kier alpha value is -5.38. The molecule has 0 bridgehead atoms. The molecule has 3 N–H and O–H groups in total. The molecular weight excluding hydrogens is 656 g/mol. The molecule has 0 saturated heterocycles. The van der Waals surface area contributed by atoms with E-state index in [1.807, 2.05) is 81.4 Å². The first kappa shape index (κ1) is 37.9. The summed E-state index contributed by atoms with van der Waals surface area (Å²) < 4.78 is 17.0. The number of unbranched alkanes of at least 4 members (excludes halogenated alkanes) is 4. The molecule has 274 valence electrons. The molecule has 0 spiro atoms. The van der Waals surface area contributed by atoms with Crippen molar-refractivity contribution in [3.63, 3.8) is 0 Å². The van der Waals surface area contributed by atoms with Crippen molar-refractivity contribution in [2.75, 3.05) is 19.7 Å². The first-order valence-corrected chi connectivity index (χ1v) is 18.1. The summed E-state index contributed by atoms with van der Waals surface area (Å²) in [6.07, 6.45) is 7.21. The van der Waals surface area contributed by atoms with E-state index in [1.54, 1.807) is 12.4 Å². The van der Waals surface area contributed by atoms with Gasteiger partial charge in [-0.15, -0.1) is 0 Å². The SMILES string of the molecule is CC(C)(C)OC(=O)NCCCCCCCNC(=O)[C@H](Cc1ccc(OCc2ccncc2)cc1)NC(=O)OCC1c2ccccc2-c2ccccc21. The van der Waals surface area contributed by atoms with Gasteiger partial charge in [0, 0.05) is 37.8 Å². The number of hydrogen-bond acceptors (Lipinski definition) is 7. The van der Waals surface area contributed by atoms with E-state index in [-0.39, 0.29) is 24.9 Å². The first-order valence-electron chi connectivity index (χ1n) is 18.1. The Bertz CT molecular complexity index is 1710. The van der Waals surface area contributed by atoms with Crippen LogP contribution >= 0.6 is 0 Å². The summed E-state index contributed by atoms with van der Waals surface area (Å²) >= 11 is 0. The van der Waals surface area contributed by atoms with E-state index in [9.17, 15) is 14.4 Å². The summed E-state index contributed by atoms with van der Waals surface area (Å²) in [4.78, 5) is 42.5. The average molecular weight is 707 g/mol. The molecule has 3 aromatic carbocycles. The molecule has 0 fully saturated rings. The zero-order valence-electron chi connectivity index (χ0n) is 30.4. The van der Waals surface area contributed by atoms with Crippen LogP contribution in [0.1, 0.15) is 81.0 Å². The Morgan fingerprint density at radius 3 is 1.94 bits per heavy atom. The smallest absolute Gasteiger partial charge is 0.407 e. The number of benzene rings is 3. The molecule has 1 aliphatic rings. The van der Waals surface area contributed by atoms with Gasteiger partial charge in [-0.05, 0) is 91.3 Å². The number of hydrogen-bond donors (Lipinski definition) is 3. The summed E-state index contributed by atoms with van der Waals surface area (Å²) in [5.74, 6) is 0.345. The lowest BCUT2D eigenvalue weighted by Crippen LogP contribution is -2.48. The molecule has 1 heterocycles. The van der Waals surface area contributed by atoms with Crippen molar-refractivity contribution in [3.8, 4) is 16.9 Å². The van der Waals surface area contributed by atoms with Crippen LogP contribution in [0.3, 0.4) is 0 Å². The normalized spacial score (nSPS) is 12.6. The molecule has 10 nitrogen and oxygen atoms in total. The van der Waals surface area contributed by atoms with Crippen molar-refractivity contribution >= 4 is 18.1 Å². The highest BCUT2D eigenvalue weighted by Gasteiger charge is 2.30. The van der Waals surface area contributed by atoms with Crippen LogP contribution in [0.25, 0.3) is 11.1 Å². The number of nitrogens with zero attached hydrogens (tertiary/aromatic N) is 1. The lowest BCUT2D eigenvalue weighted by Gasteiger charge is -2.20. The van der Waals surface area contributed by atoms with Crippen LogP contribution in [0.5, 0.6) is 5.75 Å². The Morgan fingerprint density at radius 2 is 1.31 bits per heavy atom. The summed E-state index contributed by atoms with van der Waals surface area (Å²) in [7, 11) is 0. The van der Waals surface area contributed by atoms with Gasteiger partial charge in [-0.2, -0.15) is 0 Å². The summed E-state index contributed by atoms with van der Waals surface area (Å²) in [6, 6.07) is 26.9. The third kappa shape index (κ3) is 11.6. The third-order valence-electron chi connectivity index (χ3n) is 8.79. The van der Waals surface area contributed by atoms with Crippen LogP contribution in [-0.4, -0.2) is 54.4 Å². The molecule has 0 aliphatic heterocycles. The summed E-state index contributed by atoms with van der Waals surface area (Å²) in [5, 5.41) is 8.63. The highest BCUT2D eigenvalue weighted by Crippen LogP contribution is 2.44. The van der Waals surface area contributed by atoms with Gasteiger partial charge in [0.2, 0.25) is 5.91 Å². The number of carbonyl (C=O) groups is 3.